The lowest BCUT2D eigenvalue weighted by Crippen LogP contribution is -2.27. The van der Waals surface area contributed by atoms with E-state index in [-0.39, 0.29) is 5.91 Å². The molecule has 1 N–H and O–H groups in total. The average molecular weight is 411 g/mol. The van der Waals surface area contributed by atoms with Crippen LogP contribution in [0.15, 0.2) is 0 Å². The first-order valence-electron chi connectivity index (χ1n) is 13.2. The van der Waals surface area contributed by atoms with Crippen molar-refractivity contribution in [1.82, 2.24) is 10.2 Å². The van der Waals surface area contributed by atoms with E-state index in [2.05, 4.69) is 31.0 Å². The van der Waals surface area contributed by atoms with Gasteiger partial charge in [0.2, 0.25) is 5.91 Å². The number of nitrogens with one attached hydrogen (secondary N) is 1. The van der Waals surface area contributed by atoms with Crippen LogP contribution in [-0.4, -0.2) is 37.0 Å². The largest absolute Gasteiger partial charge is 0.356 e. The van der Waals surface area contributed by atoms with Crippen LogP contribution in [0.1, 0.15) is 136 Å². The molecule has 29 heavy (non-hydrogen) atoms. The first-order valence-corrected chi connectivity index (χ1v) is 13.2. The Morgan fingerprint density at radius 3 is 1.48 bits per heavy atom. The molecule has 0 bridgehead atoms. The zero-order valence-electron chi connectivity index (χ0n) is 20.4. The molecular weight excluding hydrogens is 356 g/mol. The molecular formula is C26H54N2O. The summed E-state index contributed by atoms with van der Waals surface area (Å²) in [7, 11) is 0. The highest BCUT2D eigenvalue weighted by Gasteiger charge is 2.02. The zero-order valence-corrected chi connectivity index (χ0v) is 20.4. The summed E-state index contributed by atoms with van der Waals surface area (Å²) in [5.41, 5.74) is 0. The summed E-state index contributed by atoms with van der Waals surface area (Å²) < 4.78 is 0. The van der Waals surface area contributed by atoms with Gasteiger partial charge in [0.25, 0.3) is 0 Å². The molecule has 0 saturated heterocycles. The van der Waals surface area contributed by atoms with Gasteiger partial charge in [0.05, 0.1) is 0 Å². The molecule has 0 spiro atoms. The van der Waals surface area contributed by atoms with E-state index in [1.165, 1.54) is 96.3 Å². The quantitative estimate of drug-likeness (QED) is 0.177. The molecule has 0 aromatic carbocycles. The van der Waals surface area contributed by atoms with Gasteiger partial charge in [-0.15, -0.1) is 0 Å². The van der Waals surface area contributed by atoms with Gasteiger partial charge in [-0.25, -0.2) is 0 Å². The van der Waals surface area contributed by atoms with Crippen LogP contribution in [0.2, 0.25) is 0 Å². The number of hydrogen-bond acceptors (Lipinski definition) is 2. The van der Waals surface area contributed by atoms with Crippen molar-refractivity contribution >= 4 is 5.91 Å². The summed E-state index contributed by atoms with van der Waals surface area (Å²) in [4.78, 5) is 14.3. The van der Waals surface area contributed by atoms with Gasteiger partial charge in [0, 0.05) is 13.0 Å². The molecule has 0 atom stereocenters. The molecule has 1 amide bonds. The summed E-state index contributed by atoms with van der Waals surface area (Å²) in [5, 5.41) is 3.08. The Morgan fingerprint density at radius 1 is 0.586 bits per heavy atom. The minimum Gasteiger partial charge on any atom is -0.356 e. The highest BCUT2D eigenvalue weighted by Crippen LogP contribution is 2.13. The minimum absolute atomic E-state index is 0.252. The van der Waals surface area contributed by atoms with Crippen LogP contribution < -0.4 is 5.32 Å². The first-order chi connectivity index (χ1) is 14.2. The topological polar surface area (TPSA) is 32.3 Å². The predicted octanol–water partition coefficient (Wildman–Crippen LogP) is 7.49. The van der Waals surface area contributed by atoms with Gasteiger partial charge in [-0.05, 0) is 38.9 Å². The molecule has 0 aromatic heterocycles. The van der Waals surface area contributed by atoms with E-state index >= 15 is 0 Å². The fourth-order valence-corrected chi connectivity index (χ4v) is 3.97. The monoisotopic (exact) mass is 410 g/mol. The van der Waals surface area contributed by atoms with Gasteiger partial charge in [-0.3, -0.25) is 4.79 Å². The van der Waals surface area contributed by atoms with Crippen molar-refractivity contribution in [1.29, 1.82) is 0 Å². The lowest BCUT2D eigenvalue weighted by Gasteiger charge is -2.17. The molecule has 0 aliphatic carbocycles. The van der Waals surface area contributed by atoms with Gasteiger partial charge >= 0.3 is 0 Å². The molecule has 0 heterocycles. The number of amides is 1. The second kappa shape index (κ2) is 23.7. The van der Waals surface area contributed by atoms with Crippen LogP contribution in [0.3, 0.4) is 0 Å². The van der Waals surface area contributed by atoms with Crippen LogP contribution in [0.5, 0.6) is 0 Å². The fourth-order valence-electron chi connectivity index (χ4n) is 3.97. The standard InChI is InChI=1S/C26H54N2O/c1-4-7-8-9-10-11-12-13-14-15-16-17-18-19-20-23-26(29)27-24-21-22-25-28(5-2)6-3/h4-25H2,1-3H3,(H,27,29). The van der Waals surface area contributed by atoms with Crippen LogP contribution in [0.4, 0.5) is 0 Å². The summed E-state index contributed by atoms with van der Waals surface area (Å²) in [6.45, 7) is 11.0. The maximum atomic E-state index is 11.9. The number of carbonyl (C=O) groups is 1. The van der Waals surface area contributed by atoms with Crippen molar-refractivity contribution in [2.75, 3.05) is 26.2 Å². The van der Waals surface area contributed by atoms with E-state index in [9.17, 15) is 4.79 Å². The number of carbonyl (C=O) groups excluding carboxylic acids is 1. The van der Waals surface area contributed by atoms with Crippen molar-refractivity contribution in [3.8, 4) is 0 Å². The van der Waals surface area contributed by atoms with Crippen molar-refractivity contribution in [2.24, 2.45) is 0 Å². The summed E-state index contributed by atoms with van der Waals surface area (Å²) in [6.07, 6.45) is 23.6. The van der Waals surface area contributed by atoms with Crippen LogP contribution in [0.25, 0.3) is 0 Å². The summed E-state index contributed by atoms with van der Waals surface area (Å²) in [6, 6.07) is 0. The Kier molecular flexibility index (Phi) is 23.2. The second-order valence-electron chi connectivity index (χ2n) is 8.78. The summed E-state index contributed by atoms with van der Waals surface area (Å²) >= 11 is 0. The Bertz CT molecular complexity index is 329. The minimum atomic E-state index is 0.252. The van der Waals surface area contributed by atoms with Crippen molar-refractivity contribution in [2.45, 2.75) is 136 Å². The fraction of sp³-hybridized carbons (Fsp3) is 0.962. The normalized spacial score (nSPS) is 11.3. The Morgan fingerprint density at radius 2 is 1.03 bits per heavy atom. The van der Waals surface area contributed by atoms with E-state index in [4.69, 9.17) is 0 Å². The Hall–Kier alpha value is -0.570. The van der Waals surface area contributed by atoms with Crippen LogP contribution >= 0.6 is 0 Å². The molecule has 0 fully saturated rings. The molecule has 3 nitrogen and oxygen atoms in total. The summed E-state index contributed by atoms with van der Waals surface area (Å²) in [5.74, 6) is 0.252. The number of rotatable bonds is 23. The average Bonchev–Trinajstić information content (AvgIpc) is 2.73. The molecule has 3 heteroatoms. The van der Waals surface area contributed by atoms with E-state index in [0.717, 1.165) is 39.0 Å². The molecule has 0 rings (SSSR count). The molecule has 0 unspecified atom stereocenters. The smallest absolute Gasteiger partial charge is 0.219 e. The third-order valence-electron chi connectivity index (χ3n) is 6.13. The molecule has 174 valence electrons. The molecule has 0 aliphatic heterocycles. The molecule has 0 aliphatic rings. The maximum Gasteiger partial charge on any atom is 0.219 e. The predicted molar refractivity (Wildman–Crippen MR) is 130 cm³/mol. The van der Waals surface area contributed by atoms with Crippen LogP contribution in [0, 0.1) is 0 Å². The van der Waals surface area contributed by atoms with Crippen LogP contribution in [-0.2, 0) is 4.79 Å². The third kappa shape index (κ3) is 21.9. The van der Waals surface area contributed by atoms with Gasteiger partial charge in [-0.1, -0.05) is 111 Å². The first kappa shape index (κ1) is 28.4. The van der Waals surface area contributed by atoms with Crippen molar-refractivity contribution < 1.29 is 4.79 Å². The third-order valence-corrected chi connectivity index (χ3v) is 6.13. The number of nitrogens with zero attached hydrogens (tertiary/aromatic N) is 1. The van der Waals surface area contributed by atoms with Gasteiger partial charge < -0.3 is 10.2 Å². The highest BCUT2D eigenvalue weighted by atomic mass is 16.1. The van der Waals surface area contributed by atoms with Gasteiger partial charge in [0.15, 0.2) is 0 Å². The zero-order chi connectivity index (χ0) is 21.4. The number of hydrogen-bond donors (Lipinski definition) is 1. The van der Waals surface area contributed by atoms with Gasteiger partial charge in [-0.2, -0.15) is 0 Å². The van der Waals surface area contributed by atoms with Crippen molar-refractivity contribution in [3.05, 3.63) is 0 Å². The lowest BCUT2D eigenvalue weighted by atomic mass is 10.0. The van der Waals surface area contributed by atoms with E-state index < -0.39 is 0 Å². The van der Waals surface area contributed by atoms with E-state index in [0.29, 0.717) is 6.42 Å². The Labute approximate surface area is 183 Å². The second-order valence-corrected chi connectivity index (χ2v) is 8.78. The lowest BCUT2D eigenvalue weighted by molar-refractivity contribution is -0.121. The van der Waals surface area contributed by atoms with E-state index in [1.807, 2.05) is 0 Å². The number of unbranched alkanes of at least 4 members (excludes halogenated alkanes) is 15. The van der Waals surface area contributed by atoms with E-state index in [1.54, 1.807) is 0 Å². The maximum absolute atomic E-state index is 11.9. The Balaban J connectivity index is 3.19. The van der Waals surface area contributed by atoms with Gasteiger partial charge in [0.1, 0.15) is 0 Å². The highest BCUT2D eigenvalue weighted by molar-refractivity contribution is 5.75. The molecule has 0 radical (unpaired) electrons. The van der Waals surface area contributed by atoms with Crippen molar-refractivity contribution in [3.63, 3.8) is 0 Å². The molecule has 0 saturated carbocycles. The SMILES string of the molecule is CCCCCCCCCCCCCCCCCC(=O)NCCCCN(CC)CC. The molecule has 0 aromatic rings.